The first-order valence-electron chi connectivity index (χ1n) is 27.5. The molecule has 3 heteroatoms. The Morgan fingerprint density at radius 3 is 1.58 bits per heavy atom. The highest BCUT2D eigenvalue weighted by Crippen LogP contribution is 2.73. The number of benzene rings is 11. The van der Waals surface area contributed by atoms with Gasteiger partial charge in [-0.25, -0.2) is 0 Å². The van der Waals surface area contributed by atoms with E-state index in [-0.39, 0.29) is 5.92 Å². The molecule has 2 spiro atoms. The molecule has 364 valence electrons. The predicted molar refractivity (Wildman–Crippen MR) is 321 cm³/mol. The average Bonchev–Trinajstić information content (AvgIpc) is 4.05. The predicted octanol–water partition coefficient (Wildman–Crippen LogP) is 18.3. The molecule has 5 aliphatic rings. The van der Waals surface area contributed by atoms with Crippen LogP contribution in [0.15, 0.2) is 279 Å². The van der Waals surface area contributed by atoms with Gasteiger partial charge in [0.05, 0.1) is 38.6 Å². The minimum absolute atomic E-state index is 0.0193. The van der Waals surface area contributed by atoms with E-state index in [2.05, 4.69) is 294 Å². The SMILES string of the molecule is CC12C=CC=C(N(c3ccc(-n4c5ccccc5c5ccccc54)cc3)c3ccc4c(c3)C3(c5ccccc5-4)c4ccccc4-n4c5ccccc5c5cccc3c54)C1c1ccccc1C21c2ccccc2-c2ccccc21. The fourth-order valence-electron chi connectivity index (χ4n) is 16.4. The van der Waals surface area contributed by atoms with Crippen LogP contribution in [0.1, 0.15) is 57.3 Å². The number of aromatic nitrogens is 2. The first-order chi connectivity index (χ1) is 38.6. The van der Waals surface area contributed by atoms with E-state index in [1.807, 2.05) is 0 Å². The molecule has 3 unspecified atom stereocenters. The summed E-state index contributed by atoms with van der Waals surface area (Å²) in [5.41, 5.74) is 25.4. The molecule has 0 bridgehead atoms. The van der Waals surface area contributed by atoms with E-state index < -0.39 is 16.2 Å². The maximum atomic E-state index is 2.63. The molecule has 4 aliphatic carbocycles. The van der Waals surface area contributed by atoms with Crippen molar-refractivity contribution in [2.75, 3.05) is 4.90 Å². The number of nitrogens with zero attached hydrogens (tertiary/aromatic N) is 3. The molecule has 3 nitrogen and oxygen atoms in total. The van der Waals surface area contributed by atoms with Crippen LogP contribution in [0.25, 0.3) is 77.2 Å². The number of fused-ring (bicyclic) bond motifs is 25. The van der Waals surface area contributed by atoms with Crippen molar-refractivity contribution in [2.45, 2.75) is 23.7 Å². The van der Waals surface area contributed by atoms with E-state index in [0.717, 1.165) is 17.1 Å². The number of hydrogen-bond donors (Lipinski definition) is 0. The second-order valence-electron chi connectivity index (χ2n) is 22.4. The third kappa shape index (κ3) is 4.94. The lowest BCUT2D eigenvalue weighted by atomic mass is 9.55. The van der Waals surface area contributed by atoms with E-state index in [1.54, 1.807) is 0 Å². The summed E-state index contributed by atoms with van der Waals surface area (Å²) in [5, 5.41) is 5.08. The van der Waals surface area contributed by atoms with Gasteiger partial charge in [0.25, 0.3) is 0 Å². The Bertz CT molecular complexity index is 4750. The molecule has 0 radical (unpaired) electrons. The van der Waals surface area contributed by atoms with Gasteiger partial charge < -0.3 is 14.0 Å². The molecule has 1 aliphatic heterocycles. The average molecular weight is 992 g/mol. The zero-order valence-corrected chi connectivity index (χ0v) is 42.9. The van der Waals surface area contributed by atoms with Gasteiger partial charge in [0.2, 0.25) is 0 Å². The Balaban J connectivity index is 0.909. The van der Waals surface area contributed by atoms with E-state index in [1.165, 1.54) is 122 Å². The van der Waals surface area contributed by atoms with Crippen molar-refractivity contribution in [3.63, 3.8) is 0 Å². The van der Waals surface area contributed by atoms with Gasteiger partial charge in [0, 0.05) is 55.6 Å². The molecule has 0 amide bonds. The van der Waals surface area contributed by atoms with Gasteiger partial charge in [-0.05, 0) is 134 Å². The summed E-state index contributed by atoms with van der Waals surface area (Å²) < 4.78 is 4.98. The summed E-state index contributed by atoms with van der Waals surface area (Å²) in [6.07, 6.45) is 7.36. The number of rotatable bonds is 4. The molecular weight excluding hydrogens is 943 g/mol. The highest BCUT2D eigenvalue weighted by Gasteiger charge is 2.65. The van der Waals surface area contributed by atoms with Crippen LogP contribution < -0.4 is 4.90 Å². The molecule has 78 heavy (non-hydrogen) atoms. The molecule has 2 aromatic heterocycles. The van der Waals surface area contributed by atoms with Crippen LogP contribution in [0, 0.1) is 5.41 Å². The lowest BCUT2D eigenvalue weighted by molar-refractivity contribution is 0.284. The third-order valence-corrected chi connectivity index (χ3v) is 19.2. The lowest BCUT2D eigenvalue weighted by Crippen LogP contribution is -2.44. The summed E-state index contributed by atoms with van der Waals surface area (Å²) in [6.45, 7) is 2.55. The molecule has 0 saturated carbocycles. The van der Waals surface area contributed by atoms with Crippen LogP contribution in [0.3, 0.4) is 0 Å². The van der Waals surface area contributed by atoms with Gasteiger partial charge >= 0.3 is 0 Å². The number of allylic oxidation sites excluding steroid dienone is 4. The van der Waals surface area contributed by atoms with E-state index >= 15 is 0 Å². The van der Waals surface area contributed by atoms with Gasteiger partial charge in [-0.2, -0.15) is 0 Å². The molecule has 11 aromatic carbocycles. The molecule has 13 aromatic rings. The Hall–Kier alpha value is -9.70. The fourth-order valence-corrected chi connectivity index (χ4v) is 16.4. The molecular formula is C75H49N3. The largest absolute Gasteiger partial charge is 0.314 e. The summed E-state index contributed by atoms with van der Waals surface area (Å²) >= 11 is 0. The topological polar surface area (TPSA) is 13.1 Å². The summed E-state index contributed by atoms with van der Waals surface area (Å²) in [4.78, 5) is 2.63. The van der Waals surface area contributed by atoms with Gasteiger partial charge in [-0.1, -0.05) is 213 Å². The maximum absolute atomic E-state index is 2.63. The lowest BCUT2D eigenvalue weighted by Gasteiger charge is -2.48. The van der Waals surface area contributed by atoms with Crippen LogP contribution in [0.2, 0.25) is 0 Å². The second kappa shape index (κ2) is 15.0. The minimum atomic E-state index is -0.606. The summed E-state index contributed by atoms with van der Waals surface area (Å²) in [6, 6.07) is 96.8. The zero-order valence-electron chi connectivity index (χ0n) is 42.9. The van der Waals surface area contributed by atoms with Gasteiger partial charge in [-0.15, -0.1) is 0 Å². The standard InChI is InChI=1S/C75H49N3/c1-73-45-19-38-70(71(73)58-26-5-12-31-62(58)75(73)60-29-10-3-21-51(60)52-22-4-11-30-61(52)75)76(47-39-41-48(42-40-47)77-66-34-14-6-23-54(66)55-24-7-15-35-67(55)77)49-43-44-53-50-20-2-9-28-59(50)74(65(53)46-49)63-32-13-17-37-69(63)78-68-36-16-8-25-56(68)57-27-18-33-64(74)72(57)78/h2-46,71H,1H3. The first kappa shape index (κ1) is 42.5. The Labute approximate surface area is 452 Å². The zero-order chi connectivity index (χ0) is 51.1. The first-order valence-corrected chi connectivity index (χ1v) is 27.5. The molecule has 3 atom stereocenters. The Kier molecular flexibility index (Phi) is 8.19. The van der Waals surface area contributed by atoms with Crippen molar-refractivity contribution in [3.05, 3.63) is 323 Å². The van der Waals surface area contributed by atoms with Crippen LogP contribution in [-0.4, -0.2) is 9.13 Å². The quantitative estimate of drug-likeness (QED) is 0.171. The van der Waals surface area contributed by atoms with Crippen LogP contribution in [-0.2, 0) is 10.8 Å². The van der Waals surface area contributed by atoms with E-state index in [4.69, 9.17) is 0 Å². The number of hydrogen-bond acceptors (Lipinski definition) is 1. The second-order valence-corrected chi connectivity index (χ2v) is 22.4. The highest BCUT2D eigenvalue weighted by molar-refractivity contribution is 6.13. The van der Waals surface area contributed by atoms with E-state index in [0.29, 0.717) is 0 Å². The number of para-hydroxylation sites is 5. The van der Waals surface area contributed by atoms with Crippen LogP contribution in [0.4, 0.5) is 11.4 Å². The minimum Gasteiger partial charge on any atom is -0.314 e. The Morgan fingerprint density at radius 1 is 0.385 bits per heavy atom. The third-order valence-electron chi connectivity index (χ3n) is 19.2. The molecule has 0 fully saturated rings. The van der Waals surface area contributed by atoms with Gasteiger partial charge in [-0.3, -0.25) is 0 Å². The van der Waals surface area contributed by atoms with Crippen molar-refractivity contribution in [3.8, 4) is 33.6 Å². The van der Waals surface area contributed by atoms with Gasteiger partial charge in [0.15, 0.2) is 0 Å². The summed E-state index contributed by atoms with van der Waals surface area (Å²) in [7, 11) is 0. The van der Waals surface area contributed by atoms with Crippen molar-refractivity contribution in [1.29, 1.82) is 0 Å². The monoisotopic (exact) mass is 991 g/mol. The highest BCUT2D eigenvalue weighted by atomic mass is 15.2. The fraction of sp³-hybridized carbons (Fsp3) is 0.0667. The van der Waals surface area contributed by atoms with Crippen molar-refractivity contribution in [1.82, 2.24) is 9.13 Å². The molecule has 0 saturated heterocycles. The van der Waals surface area contributed by atoms with Crippen molar-refractivity contribution < 1.29 is 0 Å². The maximum Gasteiger partial charge on any atom is 0.0755 e. The molecule has 18 rings (SSSR count). The van der Waals surface area contributed by atoms with E-state index in [9.17, 15) is 0 Å². The number of anilines is 2. The molecule has 0 N–H and O–H groups in total. The Morgan fingerprint density at radius 2 is 0.885 bits per heavy atom. The summed E-state index contributed by atoms with van der Waals surface area (Å²) in [5.74, 6) is -0.0193. The van der Waals surface area contributed by atoms with Crippen molar-refractivity contribution >= 4 is 55.0 Å². The van der Waals surface area contributed by atoms with Crippen LogP contribution >= 0.6 is 0 Å². The smallest absolute Gasteiger partial charge is 0.0755 e. The van der Waals surface area contributed by atoms with Crippen LogP contribution in [0.5, 0.6) is 0 Å². The molecule has 3 heterocycles. The normalized spacial score (nSPS) is 19.2. The van der Waals surface area contributed by atoms with Gasteiger partial charge in [0.1, 0.15) is 0 Å². The van der Waals surface area contributed by atoms with Crippen molar-refractivity contribution in [2.24, 2.45) is 5.41 Å².